The average molecular weight is 235 g/mol. The van der Waals surface area contributed by atoms with Gasteiger partial charge in [0.1, 0.15) is 6.61 Å². The van der Waals surface area contributed by atoms with Crippen LogP contribution in [0, 0.1) is 0 Å². The topological polar surface area (TPSA) is 30.5 Å². The Bertz CT molecular complexity index is 382. The van der Waals surface area contributed by atoms with Gasteiger partial charge in [0.25, 0.3) is 0 Å². The van der Waals surface area contributed by atoms with Gasteiger partial charge in [-0.15, -0.1) is 0 Å². The maximum atomic E-state index is 5.70. The summed E-state index contributed by atoms with van der Waals surface area (Å²) in [6.07, 6.45) is 2.05. The lowest BCUT2D eigenvalue weighted by molar-refractivity contribution is 0.325. The normalized spacial score (nSPS) is 9.88. The van der Waals surface area contributed by atoms with Crippen molar-refractivity contribution >= 4 is 0 Å². The van der Waals surface area contributed by atoms with Gasteiger partial charge in [0.15, 0.2) is 11.5 Å². The molecule has 0 saturated heterocycles. The van der Waals surface area contributed by atoms with Crippen LogP contribution in [-0.4, -0.2) is 20.8 Å². The van der Waals surface area contributed by atoms with E-state index in [4.69, 9.17) is 9.47 Å². The third-order valence-corrected chi connectivity index (χ3v) is 2.34. The van der Waals surface area contributed by atoms with Gasteiger partial charge >= 0.3 is 0 Å². The second-order valence-electron chi connectivity index (χ2n) is 4.11. The minimum atomic E-state index is 0.571. The van der Waals surface area contributed by atoms with E-state index in [0.29, 0.717) is 6.61 Å². The van der Waals surface area contributed by atoms with E-state index in [1.54, 1.807) is 7.11 Å². The van der Waals surface area contributed by atoms with Gasteiger partial charge in [-0.05, 0) is 44.7 Å². The molecule has 0 amide bonds. The van der Waals surface area contributed by atoms with Gasteiger partial charge in [-0.2, -0.15) is 0 Å². The number of hydrogen-bond donors (Lipinski definition) is 1. The van der Waals surface area contributed by atoms with Gasteiger partial charge in [0.05, 0.1) is 7.11 Å². The third kappa shape index (κ3) is 4.49. The predicted molar refractivity (Wildman–Crippen MR) is 70.7 cm³/mol. The van der Waals surface area contributed by atoms with Crippen LogP contribution in [0.1, 0.15) is 19.4 Å². The second-order valence-corrected chi connectivity index (χ2v) is 4.11. The number of ether oxygens (including phenoxy) is 2. The number of allylic oxidation sites excluding steroid dienone is 1. The van der Waals surface area contributed by atoms with Crippen LogP contribution in [0.25, 0.3) is 0 Å². The Morgan fingerprint density at radius 2 is 2.06 bits per heavy atom. The van der Waals surface area contributed by atoms with Crippen LogP contribution in [0.3, 0.4) is 0 Å². The summed E-state index contributed by atoms with van der Waals surface area (Å²) in [7, 11) is 3.58. The van der Waals surface area contributed by atoms with E-state index in [9.17, 15) is 0 Å². The van der Waals surface area contributed by atoms with Crippen molar-refractivity contribution in [2.75, 3.05) is 20.8 Å². The van der Waals surface area contributed by atoms with Crippen LogP contribution in [0.2, 0.25) is 0 Å². The molecule has 0 bridgehead atoms. The molecule has 0 spiro atoms. The molecule has 0 heterocycles. The minimum Gasteiger partial charge on any atom is -0.493 e. The number of methoxy groups -OCH3 is 1. The Labute approximate surface area is 103 Å². The first-order chi connectivity index (χ1) is 8.17. The first-order valence-electron chi connectivity index (χ1n) is 5.75. The van der Waals surface area contributed by atoms with Crippen molar-refractivity contribution in [3.8, 4) is 11.5 Å². The number of benzene rings is 1. The highest BCUT2D eigenvalue weighted by Gasteiger charge is 2.04. The molecular weight excluding hydrogens is 214 g/mol. The Kier molecular flexibility index (Phi) is 5.57. The number of hydrogen-bond acceptors (Lipinski definition) is 3. The van der Waals surface area contributed by atoms with E-state index in [2.05, 4.69) is 19.2 Å². The molecule has 94 valence electrons. The summed E-state index contributed by atoms with van der Waals surface area (Å²) >= 11 is 0. The number of rotatable bonds is 6. The van der Waals surface area contributed by atoms with E-state index in [0.717, 1.165) is 18.0 Å². The molecule has 1 aromatic carbocycles. The molecule has 0 aliphatic rings. The SMILES string of the molecule is CNCc1ccc(OC)c(OCC=C(C)C)c1. The van der Waals surface area contributed by atoms with Crippen molar-refractivity contribution in [3.05, 3.63) is 35.4 Å². The molecule has 1 rings (SSSR count). The Morgan fingerprint density at radius 1 is 1.29 bits per heavy atom. The van der Waals surface area contributed by atoms with Crippen molar-refractivity contribution in [2.24, 2.45) is 0 Å². The fourth-order valence-electron chi connectivity index (χ4n) is 1.45. The molecule has 3 heteroatoms. The Hall–Kier alpha value is -1.48. The van der Waals surface area contributed by atoms with Gasteiger partial charge in [0, 0.05) is 6.54 Å². The van der Waals surface area contributed by atoms with Crippen molar-refractivity contribution in [1.29, 1.82) is 0 Å². The average Bonchev–Trinajstić information content (AvgIpc) is 2.29. The quantitative estimate of drug-likeness (QED) is 0.769. The second kappa shape index (κ2) is 6.97. The zero-order chi connectivity index (χ0) is 12.7. The molecule has 0 radical (unpaired) electrons. The zero-order valence-corrected chi connectivity index (χ0v) is 11.0. The Balaban J connectivity index is 2.78. The Morgan fingerprint density at radius 3 is 2.65 bits per heavy atom. The van der Waals surface area contributed by atoms with Crippen LogP contribution in [-0.2, 0) is 6.54 Å². The first-order valence-corrected chi connectivity index (χ1v) is 5.75. The molecule has 0 aromatic heterocycles. The number of nitrogens with one attached hydrogen (secondary N) is 1. The smallest absolute Gasteiger partial charge is 0.161 e. The first kappa shape index (κ1) is 13.6. The van der Waals surface area contributed by atoms with Gasteiger partial charge in [-0.25, -0.2) is 0 Å². The van der Waals surface area contributed by atoms with Crippen molar-refractivity contribution < 1.29 is 9.47 Å². The lowest BCUT2D eigenvalue weighted by Gasteiger charge is -2.11. The molecule has 0 atom stereocenters. The van der Waals surface area contributed by atoms with Crippen molar-refractivity contribution in [3.63, 3.8) is 0 Å². The molecule has 3 nitrogen and oxygen atoms in total. The van der Waals surface area contributed by atoms with E-state index in [1.165, 1.54) is 11.1 Å². The van der Waals surface area contributed by atoms with E-state index in [1.807, 2.05) is 31.3 Å². The minimum absolute atomic E-state index is 0.571. The third-order valence-electron chi connectivity index (χ3n) is 2.34. The predicted octanol–water partition coefficient (Wildman–Crippen LogP) is 2.76. The highest BCUT2D eigenvalue weighted by atomic mass is 16.5. The molecule has 1 N–H and O–H groups in total. The monoisotopic (exact) mass is 235 g/mol. The molecule has 0 unspecified atom stereocenters. The zero-order valence-electron chi connectivity index (χ0n) is 11.0. The van der Waals surface area contributed by atoms with Gasteiger partial charge in [-0.1, -0.05) is 11.6 Å². The van der Waals surface area contributed by atoms with E-state index < -0.39 is 0 Å². The summed E-state index contributed by atoms with van der Waals surface area (Å²) in [5.41, 5.74) is 2.43. The van der Waals surface area contributed by atoms with E-state index >= 15 is 0 Å². The maximum Gasteiger partial charge on any atom is 0.161 e. The maximum absolute atomic E-state index is 5.70. The highest BCUT2D eigenvalue weighted by Crippen LogP contribution is 2.28. The van der Waals surface area contributed by atoms with Gasteiger partial charge < -0.3 is 14.8 Å². The summed E-state index contributed by atoms with van der Waals surface area (Å²) in [5.74, 6) is 1.56. The van der Waals surface area contributed by atoms with Crippen LogP contribution in [0.15, 0.2) is 29.8 Å². The van der Waals surface area contributed by atoms with Crippen LogP contribution < -0.4 is 14.8 Å². The molecule has 0 fully saturated rings. The standard InChI is InChI=1S/C14H21NO2/c1-11(2)7-8-17-14-9-12(10-15-3)5-6-13(14)16-4/h5-7,9,15H,8,10H2,1-4H3. The van der Waals surface area contributed by atoms with Crippen molar-refractivity contribution in [2.45, 2.75) is 20.4 Å². The van der Waals surface area contributed by atoms with Crippen LogP contribution in [0.4, 0.5) is 0 Å². The largest absolute Gasteiger partial charge is 0.493 e. The van der Waals surface area contributed by atoms with Crippen LogP contribution in [0.5, 0.6) is 11.5 Å². The van der Waals surface area contributed by atoms with Gasteiger partial charge in [-0.3, -0.25) is 0 Å². The summed E-state index contributed by atoms with van der Waals surface area (Å²) in [6.45, 7) is 5.50. The van der Waals surface area contributed by atoms with Crippen LogP contribution >= 0.6 is 0 Å². The highest BCUT2D eigenvalue weighted by molar-refractivity contribution is 5.43. The summed E-state index contributed by atoms with van der Waals surface area (Å²) < 4.78 is 11.0. The van der Waals surface area contributed by atoms with Crippen molar-refractivity contribution in [1.82, 2.24) is 5.32 Å². The fourth-order valence-corrected chi connectivity index (χ4v) is 1.45. The summed E-state index contributed by atoms with van der Waals surface area (Å²) in [6, 6.07) is 5.97. The molecular formula is C14H21NO2. The molecule has 1 aromatic rings. The van der Waals surface area contributed by atoms with E-state index in [-0.39, 0.29) is 0 Å². The lowest BCUT2D eigenvalue weighted by atomic mass is 10.2. The summed E-state index contributed by atoms with van der Waals surface area (Å²) in [4.78, 5) is 0. The van der Waals surface area contributed by atoms with Gasteiger partial charge in [0.2, 0.25) is 0 Å². The fraction of sp³-hybridized carbons (Fsp3) is 0.429. The molecule has 0 saturated carbocycles. The molecule has 0 aliphatic carbocycles. The summed E-state index contributed by atoms with van der Waals surface area (Å²) in [5, 5.41) is 3.11. The molecule has 17 heavy (non-hydrogen) atoms. The molecule has 0 aliphatic heterocycles. The lowest BCUT2D eigenvalue weighted by Crippen LogP contribution is -2.05.